The largest absolute Gasteiger partial charge is 0.497 e. The van der Waals surface area contributed by atoms with Crippen molar-refractivity contribution in [2.45, 2.75) is 27.3 Å². The number of methoxy groups -OCH3 is 1. The number of benzene rings is 1. The van der Waals surface area contributed by atoms with E-state index in [1.54, 1.807) is 7.11 Å². The number of nitrogens with one attached hydrogen (secondary N) is 1. The zero-order valence-corrected chi connectivity index (χ0v) is 12.2. The van der Waals surface area contributed by atoms with Gasteiger partial charge in [0.2, 0.25) is 0 Å². The average Bonchev–Trinajstić information content (AvgIpc) is 2.70. The molecule has 1 aromatic heterocycles. The van der Waals surface area contributed by atoms with Crippen LogP contribution in [0.1, 0.15) is 33.0 Å². The first-order valence-electron chi connectivity index (χ1n) is 6.50. The lowest BCUT2D eigenvalue weighted by molar-refractivity contribution is 0.0949. The van der Waals surface area contributed by atoms with Crippen LogP contribution in [0, 0.1) is 20.8 Å². The van der Waals surface area contributed by atoms with Crippen molar-refractivity contribution in [3.05, 3.63) is 52.5 Å². The Kier molecular flexibility index (Phi) is 4.13. The van der Waals surface area contributed by atoms with Crippen molar-refractivity contribution < 1.29 is 13.9 Å². The van der Waals surface area contributed by atoms with Crippen molar-refractivity contribution in [3.8, 4) is 5.75 Å². The van der Waals surface area contributed by atoms with Gasteiger partial charge in [-0.25, -0.2) is 0 Å². The highest BCUT2D eigenvalue weighted by atomic mass is 16.5. The third-order valence-electron chi connectivity index (χ3n) is 3.40. The van der Waals surface area contributed by atoms with Gasteiger partial charge in [0, 0.05) is 12.1 Å². The molecule has 4 nitrogen and oxygen atoms in total. The van der Waals surface area contributed by atoms with Crippen molar-refractivity contribution in [3.63, 3.8) is 0 Å². The Morgan fingerprint density at radius 3 is 2.30 bits per heavy atom. The third kappa shape index (κ3) is 2.85. The van der Waals surface area contributed by atoms with Crippen LogP contribution in [0.3, 0.4) is 0 Å². The lowest BCUT2D eigenvalue weighted by Crippen LogP contribution is -2.23. The second kappa shape index (κ2) is 5.82. The molecule has 0 saturated heterocycles. The van der Waals surface area contributed by atoms with Crippen LogP contribution >= 0.6 is 0 Å². The smallest absolute Gasteiger partial charge is 0.255 e. The molecule has 1 aromatic carbocycles. The summed E-state index contributed by atoms with van der Waals surface area (Å²) >= 11 is 0. The van der Waals surface area contributed by atoms with Crippen molar-refractivity contribution in [1.82, 2.24) is 5.32 Å². The Labute approximate surface area is 118 Å². The number of furan rings is 1. The maximum Gasteiger partial charge on any atom is 0.255 e. The zero-order valence-electron chi connectivity index (χ0n) is 12.2. The number of aryl methyl sites for hydroxylation is 2. The van der Waals surface area contributed by atoms with Gasteiger partial charge in [-0.3, -0.25) is 4.79 Å². The molecule has 1 N–H and O–H groups in total. The van der Waals surface area contributed by atoms with Gasteiger partial charge in [-0.15, -0.1) is 0 Å². The van der Waals surface area contributed by atoms with E-state index in [2.05, 4.69) is 5.32 Å². The minimum Gasteiger partial charge on any atom is -0.497 e. The van der Waals surface area contributed by atoms with Gasteiger partial charge in [0.05, 0.1) is 12.7 Å². The molecule has 0 saturated carbocycles. The van der Waals surface area contributed by atoms with Crippen LogP contribution in [0.15, 0.2) is 28.7 Å². The number of amides is 1. The first-order valence-corrected chi connectivity index (χ1v) is 6.50. The summed E-state index contributed by atoms with van der Waals surface area (Å²) in [4.78, 5) is 12.2. The van der Waals surface area contributed by atoms with Gasteiger partial charge >= 0.3 is 0 Å². The summed E-state index contributed by atoms with van der Waals surface area (Å²) in [6.45, 7) is 6.05. The molecule has 2 aromatic rings. The molecule has 0 bridgehead atoms. The van der Waals surface area contributed by atoms with Gasteiger partial charge in [0.25, 0.3) is 5.91 Å². The molecular formula is C16H19NO3. The van der Waals surface area contributed by atoms with Gasteiger partial charge in [-0.05, 0) is 38.5 Å². The third-order valence-corrected chi connectivity index (χ3v) is 3.40. The van der Waals surface area contributed by atoms with Gasteiger partial charge in [-0.1, -0.05) is 12.1 Å². The van der Waals surface area contributed by atoms with E-state index in [0.29, 0.717) is 17.9 Å². The maximum atomic E-state index is 12.2. The highest BCUT2D eigenvalue weighted by molar-refractivity contribution is 5.96. The fourth-order valence-corrected chi connectivity index (χ4v) is 2.14. The normalized spacial score (nSPS) is 10.4. The van der Waals surface area contributed by atoms with E-state index in [1.165, 1.54) is 0 Å². The maximum absolute atomic E-state index is 12.2. The Hall–Kier alpha value is -2.23. The minimum absolute atomic E-state index is 0.104. The van der Waals surface area contributed by atoms with Crippen molar-refractivity contribution in [2.75, 3.05) is 7.11 Å². The Bertz CT molecular complexity index is 611. The number of rotatable bonds is 4. The fourth-order valence-electron chi connectivity index (χ4n) is 2.14. The summed E-state index contributed by atoms with van der Waals surface area (Å²) < 4.78 is 10.6. The summed E-state index contributed by atoms with van der Waals surface area (Å²) in [5.74, 6) is 2.15. The van der Waals surface area contributed by atoms with Crippen LogP contribution in [0.2, 0.25) is 0 Å². The lowest BCUT2D eigenvalue weighted by Gasteiger charge is -2.06. The highest BCUT2D eigenvalue weighted by Crippen LogP contribution is 2.20. The topological polar surface area (TPSA) is 51.5 Å². The highest BCUT2D eigenvalue weighted by Gasteiger charge is 2.17. The predicted octanol–water partition coefficient (Wildman–Crippen LogP) is 3.14. The monoisotopic (exact) mass is 273 g/mol. The fraction of sp³-hybridized carbons (Fsp3) is 0.312. The molecule has 0 fully saturated rings. The SMILES string of the molecule is COc1ccc(CNC(=O)c2c(C)oc(C)c2C)cc1. The molecule has 2 rings (SSSR count). The van der Waals surface area contributed by atoms with E-state index in [9.17, 15) is 4.79 Å². The van der Waals surface area contributed by atoms with Crippen LogP contribution in [0.4, 0.5) is 0 Å². The van der Waals surface area contributed by atoms with Gasteiger partial charge in [-0.2, -0.15) is 0 Å². The van der Waals surface area contributed by atoms with Gasteiger partial charge in [0.15, 0.2) is 0 Å². The van der Waals surface area contributed by atoms with Crippen LogP contribution in [0.25, 0.3) is 0 Å². The minimum atomic E-state index is -0.104. The van der Waals surface area contributed by atoms with E-state index in [0.717, 1.165) is 22.6 Å². The quantitative estimate of drug-likeness (QED) is 0.931. The molecule has 1 amide bonds. The lowest BCUT2D eigenvalue weighted by atomic mass is 10.1. The Morgan fingerprint density at radius 1 is 1.15 bits per heavy atom. The van der Waals surface area contributed by atoms with Gasteiger partial charge in [0.1, 0.15) is 17.3 Å². The summed E-state index contributed by atoms with van der Waals surface area (Å²) in [6, 6.07) is 7.61. The molecular weight excluding hydrogens is 254 g/mol. The van der Waals surface area contributed by atoms with E-state index in [1.807, 2.05) is 45.0 Å². The summed E-state index contributed by atoms with van der Waals surface area (Å²) in [5.41, 5.74) is 2.56. The molecule has 0 unspecified atom stereocenters. The molecule has 0 aliphatic heterocycles. The first-order chi connectivity index (χ1) is 9.52. The number of hydrogen-bond donors (Lipinski definition) is 1. The number of ether oxygens (including phenoxy) is 1. The standard InChI is InChI=1S/C16H19NO3/c1-10-11(2)20-12(3)15(10)16(18)17-9-13-5-7-14(19-4)8-6-13/h5-8H,9H2,1-4H3,(H,17,18). The average molecular weight is 273 g/mol. The van der Waals surface area contributed by atoms with Crippen molar-refractivity contribution >= 4 is 5.91 Å². The first kappa shape index (κ1) is 14.2. The molecule has 0 spiro atoms. The second-order valence-corrected chi connectivity index (χ2v) is 4.75. The molecule has 1 heterocycles. The molecule has 0 radical (unpaired) electrons. The molecule has 0 aliphatic carbocycles. The molecule has 0 atom stereocenters. The van der Waals surface area contributed by atoms with E-state index >= 15 is 0 Å². The summed E-state index contributed by atoms with van der Waals surface area (Å²) in [6.07, 6.45) is 0. The molecule has 4 heteroatoms. The molecule has 20 heavy (non-hydrogen) atoms. The summed E-state index contributed by atoms with van der Waals surface area (Å²) in [7, 11) is 1.63. The van der Waals surface area contributed by atoms with E-state index < -0.39 is 0 Å². The predicted molar refractivity (Wildman–Crippen MR) is 77.1 cm³/mol. The van der Waals surface area contributed by atoms with Crippen LogP contribution in [-0.4, -0.2) is 13.0 Å². The van der Waals surface area contributed by atoms with Crippen LogP contribution in [0.5, 0.6) is 5.75 Å². The van der Waals surface area contributed by atoms with E-state index in [-0.39, 0.29) is 5.91 Å². The number of carbonyl (C=O) groups excluding carboxylic acids is 1. The van der Waals surface area contributed by atoms with Gasteiger partial charge < -0.3 is 14.5 Å². The zero-order chi connectivity index (χ0) is 14.7. The van der Waals surface area contributed by atoms with Crippen molar-refractivity contribution in [1.29, 1.82) is 0 Å². The van der Waals surface area contributed by atoms with E-state index in [4.69, 9.17) is 9.15 Å². The number of carbonyl (C=O) groups is 1. The second-order valence-electron chi connectivity index (χ2n) is 4.75. The molecule has 0 aliphatic rings. The Morgan fingerprint density at radius 2 is 1.80 bits per heavy atom. The van der Waals surface area contributed by atoms with Crippen molar-refractivity contribution in [2.24, 2.45) is 0 Å². The van der Waals surface area contributed by atoms with Crippen LogP contribution in [-0.2, 0) is 6.54 Å². The Balaban J connectivity index is 2.04. The van der Waals surface area contributed by atoms with Crippen LogP contribution < -0.4 is 10.1 Å². The number of hydrogen-bond acceptors (Lipinski definition) is 3. The summed E-state index contributed by atoms with van der Waals surface area (Å²) in [5, 5.41) is 2.91. The molecule has 106 valence electrons.